The van der Waals surface area contributed by atoms with Gasteiger partial charge in [-0.3, -0.25) is 4.98 Å². The highest BCUT2D eigenvalue weighted by atomic mass is 32.1. The molecule has 1 N–H and O–H groups in total. The largest absolute Gasteiger partial charge is 0.497 e. The Labute approximate surface area is 209 Å². The molecule has 7 nitrogen and oxygen atoms in total. The summed E-state index contributed by atoms with van der Waals surface area (Å²) >= 11 is 5.89. The van der Waals surface area contributed by atoms with E-state index in [9.17, 15) is 0 Å². The normalized spacial score (nSPS) is 17.2. The molecule has 0 bridgehead atoms. The Kier molecular flexibility index (Phi) is 6.29. The van der Waals surface area contributed by atoms with Gasteiger partial charge in [0.2, 0.25) is 0 Å². The van der Waals surface area contributed by atoms with Crippen LogP contribution in [-0.4, -0.2) is 36.0 Å². The van der Waals surface area contributed by atoms with Crippen LogP contribution in [0.5, 0.6) is 17.2 Å². The Morgan fingerprint density at radius 1 is 0.829 bits per heavy atom. The quantitative estimate of drug-likeness (QED) is 0.366. The number of para-hydroxylation sites is 2. The van der Waals surface area contributed by atoms with Crippen molar-refractivity contribution < 1.29 is 14.2 Å². The predicted molar refractivity (Wildman–Crippen MR) is 140 cm³/mol. The smallest absolute Gasteiger partial charge is 0.174 e. The average Bonchev–Trinajstić information content (AvgIpc) is 3.52. The molecule has 0 unspecified atom stereocenters. The van der Waals surface area contributed by atoms with Gasteiger partial charge >= 0.3 is 0 Å². The van der Waals surface area contributed by atoms with E-state index in [4.69, 9.17) is 26.4 Å². The number of benzene rings is 2. The second-order valence-corrected chi connectivity index (χ2v) is 8.40. The Balaban J connectivity index is 1.70. The number of ether oxygens (including phenoxy) is 3. The molecule has 2 aromatic carbocycles. The van der Waals surface area contributed by atoms with Gasteiger partial charge in [-0.05, 0) is 60.7 Å². The van der Waals surface area contributed by atoms with Crippen LogP contribution in [-0.2, 0) is 0 Å². The third-order valence-electron chi connectivity index (χ3n) is 6.17. The van der Waals surface area contributed by atoms with E-state index in [0.717, 1.165) is 28.5 Å². The maximum absolute atomic E-state index is 5.89. The lowest BCUT2D eigenvalue weighted by Gasteiger charge is -2.30. The molecule has 8 heteroatoms. The number of nitrogens with one attached hydrogen (secondary N) is 1. The Bertz CT molecular complexity index is 1340. The minimum atomic E-state index is -0.223. The molecular weight excluding hydrogens is 460 g/mol. The molecule has 0 aliphatic carbocycles. The van der Waals surface area contributed by atoms with Crippen LogP contribution in [0, 0.1) is 0 Å². The average molecular weight is 487 g/mol. The van der Waals surface area contributed by atoms with Crippen molar-refractivity contribution in [3.8, 4) is 22.9 Å². The molecule has 1 aliphatic rings. The summed E-state index contributed by atoms with van der Waals surface area (Å²) in [6.45, 7) is 0. The number of anilines is 1. The zero-order chi connectivity index (χ0) is 24.4. The summed E-state index contributed by atoms with van der Waals surface area (Å²) in [5, 5.41) is 4.09. The van der Waals surface area contributed by atoms with Gasteiger partial charge in [-0.1, -0.05) is 18.2 Å². The molecule has 4 aromatic rings. The Hall–Kier alpha value is -4.04. The molecular formula is C27H26N4O3S. The van der Waals surface area contributed by atoms with Gasteiger partial charge in [0.1, 0.15) is 23.3 Å². The second-order valence-electron chi connectivity index (χ2n) is 8.01. The molecule has 0 radical (unpaired) electrons. The fourth-order valence-electron chi connectivity index (χ4n) is 4.58. The summed E-state index contributed by atoms with van der Waals surface area (Å²) in [6, 6.07) is 23.3. The lowest BCUT2D eigenvalue weighted by Crippen LogP contribution is -2.30. The van der Waals surface area contributed by atoms with E-state index in [0.29, 0.717) is 16.6 Å². The molecule has 0 spiro atoms. The summed E-state index contributed by atoms with van der Waals surface area (Å²) in [4.78, 5) is 6.75. The van der Waals surface area contributed by atoms with Crippen LogP contribution in [0.4, 0.5) is 5.69 Å². The molecule has 1 aliphatic heterocycles. The highest BCUT2D eigenvalue weighted by molar-refractivity contribution is 7.80. The summed E-state index contributed by atoms with van der Waals surface area (Å²) in [5.41, 5.74) is 3.69. The van der Waals surface area contributed by atoms with Crippen molar-refractivity contribution in [3.63, 3.8) is 0 Å². The fraction of sp³-hybridized carbons (Fsp3) is 0.185. The highest BCUT2D eigenvalue weighted by Crippen LogP contribution is 2.46. The first-order valence-electron chi connectivity index (χ1n) is 11.2. The topological polar surface area (TPSA) is 60.8 Å². The SMILES string of the molecule is COc1ccc(N2C(=S)N[C@H](c3ccccn3)[C@H]2c2cccn2-c2ccccc2OC)c(OC)c1. The van der Waals surface area contributed by atoms with E-state index in [1.807, 2.05) is 72.9 Å². The molecule has 3 heterocycles. The zero-order valence-corrected chi connectivity index (χ0v) is 20.5. The van der Waals surface area contributed by atoms with Crippen LogP contribution in [0.2, 0.25) is 0 Å². The number of thiocarbonyl (C=S) groups is 1. The van der Waals surface area contributed by atoms with Crippen molar-refractivity contribution in [2.24, 2.45) is 0 Å². The van der Waals surface area contributed by atoms with E-state index in [1.54, 1.807) is 27.5 Å². The second kappa shape index (κ2) is 9.68. The minimum Gasteiger partial charge on any atom is -0.497 e. The standard InChI is InChI=1S/C27H26N4O3S/c1-32-18-13-14-21(24(17-18)34-3)31-26(25(29-27(31)35)19-9-6-7-15-28-19)22-11-8-16-30(22)20-10-4-5-12-23(20)33-2/h4-17,25-26H,1-3H3,(H,29,35)/t25-,26-/m1/s1. The van der Waals surface area contributed by atoms with E-state index >= 15 is 0 Å². The number of nitrogens with zero attached hydrogens (tertiary/aromatic N) is 3. The lowest BCUT2D eigenvalue weighted by molar-refractivity contribution is 0.394. The zero-order valence-electron chi connectivity index (χ0n) is 19.7. The van der Waals surface area contributed by atoms with Gasteiger partial charge in [0.05, 0.1) is 44.4 Å². The third-order valence-corrected chi connectivity index (χ3v) is 6.49. The summed E-state index contributed by atoms with van der Waals surface area (Å²) in [5.74, 6) is 2.15. The van der Waals surface area contributed by atoms with Gasteiger partial charge in [-0.2, -0.15) is 0 Å². The first kappa shape index (κ1) is 22.7. The van der Waals surface area contributed by atoms with E-state index in [2.05, 4.69) is 25.8 Å². The van der Waals surface area contributed by atoms with E-state index in [1.165, 1.54) is 0 Å². The highest BCUT2D eigenvalue weighted by Gasteiger charge is 2.43. The van der Waals surface area contributed by atoms with Crippen molar-refractivity contribution >= 4 is 23.0 Å². The fourth-order valence-corrected chi connectivity index (χ4v) is 4.92. The van der Waals surface area contributed by atoms with Crippen molar-refractivity contribution in [3.05, 3.63) is 96.6 Å². The minimum absolute atomic E-state index is 0.195. The van der Waals surface area contributed by atoms with Crippen LogP contribution in [0.3, 0.4) is 0 Å². The van der Waals surface area contributed by atoms with Crippen molar-refractivity contribution in [2.75, 3.05) is 26.2 Å². The van der Waals surface area contributed by atoms with Gasteiger partial charge in [0, 0.05) is 24.2 Å². The van der Waals surface area contributed by atoms with Crippen LogP contribution in [0.15, 0.2) is 85.2 Å². The number of methoxy groups -OCH3 is 3. The Morgan fingerprint density at radius 2 is 1.63 bits per heavy atom. The number of aromatic nitrogens is 2. The van der Waals surface area contributed by atoms with Gasteiger partial charge < -0.3 is 29.0 Å². The molecule has 2 aromatic heterocycles. The van der Waals surface area contributed by atoms with Crippen molar-refractivity contribution in [2.45, 2.75) is 12.1 Å². The number of hydrogen-bond acceptors (Lipinski definition) is 5. The number of hydrogen-bond donors (Lipinski definition) is 1. The summed E-state index contributed by atoms with van der Waals surface area (Å²) < 4.78 is 19.0. The third kappa shape index (κ3) is 4.06. The van der Waals surface area contributed by atoms with Gasteiger partial charge in [-0.25, -0.2) is 0 Å². The van der Waals surface area contributed by atoms with Crippen molar-refractivity contribution in [1.29, 1.82) is 0 Å². The Morgan fingerprint density at radius 3 is 2.37 bits per heavy atom. The van der Waals surface area contributed by atoms with Crippen LogP contribution < -0.4 is 24.4 Å². The molecule has 1 fully saturated rings. The maximum atomic E-state index is 5.89. The summed E-state index contributed by atoms with van der Waals surface area (Å²) in [6.07, 6.45) is 3.83. The van der Waals surface area contributed by atoms with Crippen molar-refractivity contribution in [1.82, 2.24) is 14.9 Å². The summed E-state index contributed by atoms with van der Waals surface area (Å²) in [7, 11) is 4.96. The number of rotatable bonds is 7. The first-order valence-corrected chi connectivity index (χ1v) is 11.6. The monoisotopic (exact) mass is 486 g/mol. The van der Waals surface area contributed by atoms with Gasteiger partial charge in [0.15, 0.2) is 5.11 Å². The van der Waals surface area contributed by atoms with Crippen LogP contribution in [0.1, 0.15) is 23.5 Å². The van der Waals surface area contributed by atoms with Crippen LogP contribution >= 0.6 is 12.2 Å². The molecule has 35 heavy (non-hydrogen) atoms. The van der Waals surface area contributed by atoms with E-state index in [-0.39, 0.29) is 12.1 Å². The molecule has 178 valence electrons. The molecule has 1 saturated heterocycles. The molecule has 2 atom stereocenters. The van der Waals surface area contributed by atoms with Crippen LogP contribution in [0.25, 0.3) is 5.69 Å². The maximum Gasteiger partial charge on any atom is 0.174 e. The van der Waals surface area contributed by atoms with E-state index < -0.39 is 0 Å². The first-order chi connectivity index (χ1) is 17.2. The van der Waals surface area contributed by atoms with Gasteiger partial charge in [-0.15, -0.1) is 0 Å². The van der Waals surface area contributed by atoms with Gasteiger partial charge in [0.25, 0.3) is 0 Å². The predicted octanol–water partition coefficient (Wildman–Crippen LogP) is 5.08. The molecule has 0 amide bonds. The molecule has 0 saturated carbocycles. The number of pyridine rings is 1. The molecule has 5 rings (SSSR count). The lowest BCUT2D eigenvalue weighted by atomic mass is 10.0.